The van der Waals surface area contributed by atoms with Gasteiger partial charge in [-0.1, -0.05) is 0 Å². The molecule has 0 aromatic heterocycles. The maximum absolute atomic E-state index is 13.7. The summed E-state index contributed by atoms with van der Waals surface area (Å²) in [5.74, 6) is 0.135. The van der Waals surface area contributed by atoms with Crippen molar-refractivity contribution in [3.05, 3.63) is 47.8 Å². The first-order valence-electron chi connectivity index (χ1n) is 5.45. The number of hydrogen-bond acceptors (Lipinski definition) is 4. The molecule has 0 unspecified atom stereocenters. The number of nitrogen functional groups attached to an aromatic ring is 1. The molecule has 2 aromatic rings. The van der Waals surface area contributed by atoms with Gasteiger partial charge in [0.2, 0.25) is 0 Å². The Bertz CT molecular complexity index is 650. The number of hydrogen-bond donors (Lipinski definition) is 1. The molecule has 0 saturated heterocycles. The molecule has 0 amide bonds. The Morgan fingerprint density at radius 1 is 1.11 bits per heavy atom. The summed E-state index contributed by atoms with van der Waals surface area (Å²) < 4.78 is 24.2. The summed E-state index contributed by atoms with van der Waals surface area (Å²) in [7, 11) is 1.48. The zero-order valence-electron chi connectivity index (χ0n) is 10.2. The molecule has 5 heteroatoms. The van der Waals surface area contributed by atoms with Gasteiger partial charge in [0.1, 0.15) is 0 Å². The summed E-state index contributed by atoms with van der Waals surface area (Å²) in [5.41, 5.74) is 6.35. The van der Waals surface area contributed by atoms with Crippen LogP contribution in [0.25, 0.3) is 0 Å². The van der Waals surface area contributed by atoms with Crippen molar-refractivity contribution < 1.29 is 13.9 Å². The van der Waals surface area contributed by atoms with Gasteiger partial charge in [-0.25, -0.2) is 4.39 Å². The zero-order valence-corrected chi connectivity index (χ0v) is 10.2. The third-order valence-corrected chi connectivity index (χ3v) is 2.47. The van der Waals surface area contributed by atoms with Crippen LogP contribution in [0.3, 0.4) is 0 Å². The first-order chi connectivity index (χ1) is 9.13. The van der Waals surface area contributed by atoms with E-state index in [-0.39, 0.29) is 11.3 Å². The second kappa shape index (κ2) is 5.27. The van der Waals surface area contributed by atoms with Gasteiger partial charge in [-0.15, -0.1) is 0 Å². The predicted molar refractivity (Wildman–Crippen MR) is 68.6 cm³/mol. The predicted octanol–water partition coefficient (Wildman–Crippen LogP) is 3.08. The fourth-order valence-corrected chi connectivity index (χ4v) is 1.54. The van der Waals surface area contributed by atoms with Gasteiger partial charge in [-0.2, -0.15) is 5.26 Å². The van der Waals surface area contributed by atoms with Crippen LogP contribution in [0.1, 0.15) is 5.56 Å². The minimum Gasteiger partial charge on any atom is -0.493 e. The molecule has 2 rings (SSSR count). The zero-order chi connectivity index (χ0) is 13.8. The minimum absolute atomic E-state index is 0.00269. The Morgan fingerprint density at radius 2 is 1.84 bits per heavy atom. The summed E-state index contributed by atoms with van der Waals surface area (Å²) in [4.78, 5) is 0. The van der Waals surface area contributed by atoms with Crippen LogP contribution in [0.4, 0.5) is 10.1 Å². The molecule has 0 aliphatic carbocycles. The standard InChI is InChI=1S/C14H11FN2O2/c1-18-13-5-3-10(17)7-14(13)19-12-4-2-9(8-16)6-11(12)15/h2-7H,17H2,1H3. The van der Waals surface area contributed by atoms with Crippen LogP contribution in [0.15, 0.2) is 36.4 Å². The third kappa shape index (κ3) is 2.75. The van der Waals surface area contributed by atoms with Gasteiger partial charge in [0.25, 0.3) is 0 Å². The number of methoxy groups -OCH3 is 1. The summed E-state index contributed by atoms with van der Waals surface area (Å²) in [6.45, 7) is 0. The number of rotatable bonds is 3. The van der Waals surface area contributed by atoms with E-state index in [2.05, 4.69) is 0 Å². The lowest BCUT2D eigenvalue weighted by Gasteiger charge is -2.11. The lowest BCUT2D eigenvalue weighted by Crippen LogP contribution is -1.94. The lowest BCUT2D eigenvalue weighted by molar-refractivity contribution is 0.371. The fraction of sp³-hybridized carbons (Fsp3) is 0.0714. The van der Waals surface area contributed by atoms with Crippen LogP contribution in [0, 0.1) is 17.1 Å². The van der Waals surface area contributed by atoms with Crippen LogP contribution in [-0.2, 0) is 0 Å². The molecule has 2 N–H and O–H groups in total. The van der Waals surface area contributed by atoms with E-state index in [0.29, 0.717) is 17.2 Å². The minimum atomic E-state index is -0.622. The molecule has 0 aliphatic rings. The fourth-order valence-electron chi connectivity index (χ4n) is 1.54. The average Bonchev–Trinajstić information content (AvgIpc) is 2.41. The summed E-state index contributed by atoms with van der Waals surface area (Å²) in [6.07, 6.45) is 0. The second-order valence-corrected chi connectivity index (χ2v) is 3.77. The van der Waals surface area contributed by atoms with Crippen LogP contribution in [-0.4, -0.2) is 7.11 Å². The molecule has 0 atom stereocenters. The van der Waals surface area contributed by atoms with E-state index in [1.807, 2.05) is 6.07 Å². The van der Waals surface area contributed by atoms with Crippen molar-refractivity contribution in [1.82, 2.24) is 0 Å². The van der Waals surface area contributed by atoms with E-state index < -0.39 is 5.82 Å². The molecule has 0 radical (unpaired) electrons. The molecular weight excluding hydrogens is 247 g/mol. The molecule has 0 fully saturated rings. The molecule has 0 bridgehead atoms. The van der Waals surface area contributed by atoms with Crippen LogP contribution < -0.4 is 15.2 Å². The Balaban J connectivity index is 2.36. The van der Waals surface area contributed by atoms with Crippen LogP contribution in [0.2, 0.25) is 0 Å². The highest BCUT2D eigenvalue weighted by Crippen LogP contribution is 2.34. The Kier molecular flexibility index (Phi) is 3.53. The van der Waals surface area contributed by atoms with Crippen LogP contribution >= 0.6 is 0 Å². The number of nitrogens with two attached hydrogens (primary N) is 1. The number of ether oxygens (including phenoxy) is 2. The molecule has 96 valence electrons. The van der Waals surface area contributed by atoms with Crippen molar-refractivity contribution in [3.8, 4) is 23.3 Å². The van der Waals surface area contributed by atoms with Gasteiger partial charge in [0, 0.05) is 11.8 Å². The largest absolute Gasteiger partial charge is 0.493 e. The van der Waals surface area contributed by atoms with Crippen molar-refractivity contribution in [1.29, 1.82) is 5.26 Å². The van der Waals surface area contributed by atoms with E-state index in [9.17, 15) is 4.39 Å². The highest BCUT2D eigenvalue weighted by Gasteiger charge is 2.10. The van der Waals surface area contributed by atoms with E-state index in [1.54, 1.807) is 12.1 Å². The molecular formula is C14H11FN2O2. The molecule has 0 spiro atoms. The first-order valence-corrected chi connectivity index (χ1v) is 5.45. The normalized spacial score (nSPS) is 9.74. The van der Waals surface area contributed by atoms with Crippen molar-refractivity contribution in [2.45, 2.75) is 0 Å². The van der Waals surface area contributed by atoms with E-state index in [1.165, 1.54) is 25.3 Å². The summed E-state index contributed by atoms with van der Waals surface area (Å²) in [5, 5.41) is 8.67. The topological polar surface area (TPSA) is 68.3 Å². The Hall–Kier alpha value is -2.74. The maximum atomic E-state index is 13.7. The second-order valence-electron chi connectivity index (χ2n) is 3.77. The van der Waals surface area contributed by atoms with E-state index in [0.717, 1.165) is 6.07 Å². The van der Waals surface area contributed by atoms with Gasteiger partial charge < -0.3 is 15.2 Å². The quantitative estimate of drug-likeness (QED) is 0.859. The highest BCUT2D eigenvalue weighted by molar-refractivity contribution is 5.53. The molecule has 2 aromatic carbocycles. The van der Waals surface area contributed by atoms with Gasteiger partial charge in [-0.05, 0) is 30.3 Å². The smallest absolute Gasteiger partial charge is 0.171 e. The molecule has 0 heterocycles. The van der Waals surface area contributed by atoms with Gasteiger partial charge in [0.15, 0.2) is 23.1 Å². The molecule has 0 saturated carbocycles. The van der Waals surface area contributed by atoms with E-state index in [4.69, 9.17) is 20.5 Å². The van der Waals surface area contributed by atoms with Crippen molar-refractivity contribution >= 4 is 5.69 Å². The number of nitriles is 1. The molecule has 0 aliphatic heterocycles. The number of anilines is 1. The summed E-state index contributed by atoms with van der Waals surface area (Å²) in [6, 6.07) is 10.6. The average molecular weight is 258 g/mol. The SMILES string of the molecule is COc1ccc(N)cc1Oc1ccc(C#N)cc1F. The number of halogens is 1. The van der Waals surface area contributed by atoms with Gasteiger partial charge >= 0.3 is 0 Å². The Morgan fingerprint density at radius 3 is 2.47 bits per heavy atom. The number of benzene rings is 2. The molecule has 19 heavy (non-hydrogen) atoms. The highest BCUT2D eigenvalue weighted by atomic mass is 19.1. The third-order valence-electron chi connectivity index (χ3n) is 2.47. The summed E-state index contributed by atoms with van der Waals surface area (Å²) >= 11 is 0. The van der Waals surface area contributed by atoms with E-state index >= 15 is 0 Å². The van der Waals surface area contributed by atoms with Crippen molar-refractivity contribution in [2.75, 3.05) is 12.8 Å². The van der Waals surface area contributed by atoms with Crippen molar-refractivity contribution in [2.24, 2.45) is 0 Å². The monoisotopic (exact) mass is 258 g/mol. The van der Waals surface area contributed by atoms with Gasteiger partial charge in [0.05, 0.1) is 18.7 Å². The first kappa shape index (κ1) is 12.7. The number of nitrogens with zero attached hydrogens (tertiary/aromatic N) is 1. The van der Waals surface area contributed by atoms with Crippen molar-refractivity contribution in [3.63, 3.8) is 0 Å². The van der Waals surface area contributed by atoms with Crippen LogP contribution in [0.5, 0.6) is 17.2 Å². The lowest BCUT2D eigenvalue weighted by atomic mass is 10.2. The van der Waals surface area contributed by atoms with Gasteiger partial charge in [-0.3, -0.25) is 0 Å². The maximum Gasteiger partial charge on any atom is 0.171 e. The molecule has 4 nitrogen and oxygen atoms in total. The Labute approximate surface area is 109 Å².